The molecule has 20 heavy (non-hydrogen) atoms. The van der Waals surface area contributed by atoms with E-state index in [0.29, 0.717) is 12.2 Å². The first-order chi connectivity index (χ1) is 9.50. The van der Waals surface area contributed by atoms with Gasteiger partial charge in [-0.05, 0) is 13.3 Å². The Morgan fingerprint density at radius 3 is 2.20 bits per heavy atom. The fourth-order valence-corrected chi connectivity index (χ4v) is 1.77. The van der Waals surface area contributed by atoms with Crippen LogP contribution in [0.2, 0.25) is 0 Å². The van der Waals surface area contributed by atoms with Crippen LogP contribution in [0.15, 0.2) is 6.07 Å². The Balaban J connectivity index is 3.09. The second-order valence-electron chi connectivity index (χ2n) is 5.26. The van der Waals surface area contributed by atoms with E-state index in [1.165, 1.54) is 0 Å². The van der Waals surface area contributed by atoms with Gasteiger partial charge in [-0.25, -0.2) is 9.97 Å². The van der Waals surface area contributed by atoms with E-state index in [1.54, 1.807) is 6.07 Å². The Bertz CT molecular complexity index is 411. The van der Waals surface area contributed by atoms with E-state index >= 15 is 0 Å². The van der Waals surface area contributed by atoms with E-state index in [4.69, 9.17) is 0 Å². The molecule has 0 bridgehead atoms. The summed E-state index contributed by atoms with van der Waals surface area (Å²) in [5, 5.41) is 25.3. The van der Waals surface area contributed by atoms with Gasteiger partial charge in [-0.2, -0.15) is 0 Å². The molecule has 0 unspecified atom stereocenters. The highest BCUT2D eigenvalue weighted by Crippen LogP contribution is 2.21. The first-order valence-electron chi connectivity index (χ1n) is 7.13. The molecular formula is C14H26N4O2. The van der Waals surface area contributed by atoms with Gasteiger partial charge in [-0.1, -0.05) is 20.8 Å². The predicted molar refractivity (Wildman–Crippen MR) is 81.1 cm³/mol. The molecule has 1 rings (SSSR count). The van der Waals surface area contributed by atoms with E-state index < -0.39 is 5.54 Å². The number of nitrogens with zero attached hydrogens (tertiary/aromatic N) is 2. The summed E-state index contributed by atoms with van der Waals surface area (Å²) < 4.78 is 0. The van der Waals surface area contributed by atoms with E-state index in [1.807, 2.05) is 27.7 Å². The molecule has 0 fully saturated rings. The molecule has 0 aliphatic carbocycles. The van der Waals surface area contributed by atoms with Crippen molar-refractivity contribution >= 4 is 11.6 Å². The normalized spacial score (nSPS) is 11.8. The lowest BCUT2D eigenvalue weighted by Crippen LogP contribution is -2.45. The third-order valence-electron chi connectivity index (χ3n) is 3.29. The first kappa shape index (κ1) is 16.7. The van der Waals surface area contributed by atoms with Crippen LogP contribution in [0.5, 0.6) is 0 Å². The Kier molecular flexibility index (Phi) is 6.16. The zero-order valence-corrected chi connectivity index (χ0v) is 12.8. The maximum Gasteiger partial charge on any atom is 0.135 e. The predicted octanol–water partition coefficient (Wildman–Crippen LogP) is 1.58. The number of aliphatic hydroxyl groups excluding tert-OH is 2. The minimum atomic E-state index is -0.758. The van der Waals surface area contributed by atoms with Crippen molar-refractivity contribution in [1.82, 2.24) is 9.97 Å². The summed E-state index contributed by atoms with van der Waals surface area (Å²) in [5.74, 6) is 2.29. The minimum Gasteiger partial charge on any atom is -0.394 e. The maximum atomic E-state index is 9.51. The molecule has 0 saturated heterocycles. The molecule has 1 aromatic heterocycles. The van der Waals surface area contributed by atoms with E-state index in [0.717, 1.165) is 18.2 Å². The molecule has 0 radical (unpaired) electrons. The van der Waals surface area contributed by atoms with Gasteiger partial charge in [0.2, 0.25) is 0 Å². The van der Waals surface area contributed by atoms with Crippen LogP contribution in [-0.4, -0.2) is 45.5 Å². The number of hydrogen-bond donors (Lipinski definition) is 4. The summed E-state index contributed by atoms with van der Waals surface area (Å²) in [6.45, 7) is 8.43. The number of aliphatic hydroxyl groups is 2. The third-order valence-corrected chi connectivity index (χ3v) is 3.29. The number of rotatable bonds is 8. The molecule has 0 atom stereocenters. The monoisotopic (exact) mass is 282 g/mol. The Labute approximate surface area is 120 Å². The zero-order chi connectivity index (χ0) is 15.2. The number of hydrogen-bond acceptors (Lipinski definition) is 6. The lowest BCUT2D eigenvalue weighted by molar-refractivity contribution is 0.132. The van der Waals surface area contributed by atoms with Crippen molar-refractivity contribution in [2.24, 2.45) is 0 Å². The van der Waals surface area contributed by atoms with Crippen LogP contribution in [-0.2, 0) is 0 Å². The van der Waals surface area contributed by atoms with Crippen molar-refractivity contribution in [2.75, 3.05) is 30.4 Å². The molecule has 6 heteroatoms. The molecule has 1 aromatic rings. The Morgan fingerprint density at radius 1 is 1.15 bits per heavy atom. The van der Waals surface area contributed by atoms with Crippen LogP contribution in [0.3, 0.4) is 0 Å². The lowest BCUT2D eigenvalue weighted by atomic mass is 9.98. The fourth-order valence-electron chi connectivity index (χ4n) is 1.77. The molecule has 0 aliphatic heterocycles. The Morgan fingerprint density at radius 2 is 1.75 bits per heavy atom. The van der Waals surface area contributed by atoms with Crippen molar-refractivity contribution < 1.29 is 10.2 Å². The van der Waals surface area contributed by atoms with Gasteiger partial charge in [0.1, 0.15) is 17.5 Å². The van der Waals surface area contributed by atoms with Crippen molar-refractivity contribution in [3.05, 3.63) is 11.9 Å². The van der Waals surface area contributed by atoms with Gasteiger partial charge in [0.05, 0.1) is 18.8 Å². The highest BCUT2D eigenvalue weighted by molar-refractivity contribution is 5.49. The quantitative estimate of drug-likeness (QED) is 0.579. The van der Waals surface area contributed by atoms with Crippen LogP contribution < -0.4 is 10.6 Å². The molecule has 0 aliphatic rings. The van der Waals surface area contributed by atoms with Gasteiger partial charge >= 0.3 is 0 Å². The molecule has 114 valence electrons. The first-order valence-corrected chi connectivity index (χ1v) is 7.13. The van der Waals surface area contributed by atoms with Gasteiger partial charge in [-0.3, -0.25) is 0 Å². The van der Waals surface area contributed by atoms with Gasteiger partial charge in [-0.15, -0.1) is 0 Å². The topological polar surface area (TPSA) is 90.3 Å². The van der Waals surface area contributed by atoms with Crippen molar-refractivity contribution in [2.45, 2.75) is 45.6 Å². The minimum absolute atomic E-state index is 0.155. The largest absolute Gasteiger partial charge is 0.394 e. The summed E-state index contributed by atoms with van der Waals surface area (Å²) >= 11 is 0. The standard InChI is InChI=1S/C14H26N4O2/c1-5-14(8-19,9-20)18-12-7-11(15-6-2)16-13(17-12)10(3)4/h7,10,19-20H,5-6,8-9H2,1-4H3,(H2,15,16,17,18). The zero-order valence-electron chi connectivity index (χ0n) is 12.8. The molecular weight excluding hydrogens is 256 g/mol. The fraction of sp³-hybridized carbons (Fsp3) is 0.714. The second-order valence-corrected chi connectivity index (χ2v) is 5.26. The SMILES string of the molecule is CCNc1cc(NC(CC)(CO)CO)nc(C(C)C)n1. The van der Waals surface area contributed by atoms with Crippen LogP contribution >= 0.6 is 0 Å². The lowest BCUT2D eigenvalue weighted by Gasteiger charge is -2.30. The number of aromatic nitrogens is 2. The number of anilines is 2. The van der Waals surface area contributed by atoms with Crippen molar-refractivity contribution in [1.29, 1.82) is 0 Å². The van der Waals surface area contributed by atoms with E-state index in [-0.39, 0.29) is 19.1 Å². The third kappa shape index (κ3) is 4.05. The second kappa shape index (κ2) is 7.40. The van der Waals surface area contributed by atoms with Crippen LogP contribution in [0.25, 0.3) is 0 Å². The highest BCUT2D eigenvalue weighted by atomic mass is 16.3. The van der Waals surface area contributed by atoms with Crippen LogP contribution in [0.1, 0.15) is 45.9 Å². The van der Waals surface area contributed by atoms with Gasteiger partial charge < -0.3 is 20.8 Å². The molecule has 0 aromatic carbocycles. The number of nitrogens with one attached hydrogen (secondary N) is 2. The molecule has 1 heterocycles. The van der Waals surface area contributed by atoms with Crippen LogP contribution in [0, 0.1) is 0 Å². The summed E-state index contributed by atoms with van der Waals surface area (Å²) in [4.78, 5) is 8.90. The summed E-state index contributed by atoms with van der Waals surface area (Å²) in [5.41, 5.74) is -0.758. The summed E-state index contributed by atoms with van der Waals surface area (Å²) in [6.07, 6.45) is 0.595. The van der Waals surface area contributed by atoms with Gasteiger partial charge in [0.15, 0.2) is 0 Å². The van der Waals surface area contributed by atoms with Gasteiger partial charge in [0, 0.05) is 18.5 Å². The molecule has 0 spiro atoms. The molecule has 0 saturated carbocycles. The maximum absolute atomic E-state index is 9.51. The van der Waals surface area contributed by atoms with Gasteiger partial charge in [0.25, 0.3) is 0 Å². The Hall–Kier alpha value is -1.40. The molecule has 0 amide bonds. The summed E-state index contributed by atoms with van der Waals surface area (Å²) in [6, 6.07) is 1.80. The molecule has 4 N–H and O–H groups in total. The highest BCUT2D eigenvalue weighted by Gasteiger charge is 2.27. The van der Waals surface area contributed by atoms with Crippen LogP contribution in [0.4, 0.5) is 11.6 Å². The van der Waals surface area contributed by atoms with Crippen molar-refractivity contribution in [3.8, 4) is 0 Å². The smallest absolute Gasteiger partial charge is 0.135 e. The summed E-state index contributed by atoms with van der Waals surface area (Å²) in [7, 11) is 0. The molecule has 6 nitrogen and oxygen atoms in total. The average molecular weight is 282 g/mol. The average Bonchev–Trinajstić information content (AvgIpc) is 2.45. The van der Waals surface area contributed by atoms with E-state index in [2.05, 4.69) is 20.6 Å². The van der Waals surface area contributed by atoms with E-state index in [9.17, 15) is 10.2 Å². The van der Waals surface area contributed by atoms with Crippen molar-refractivity contribution in [3.63, 3.8) is 0 Å².